The van der Waals surface area contributed by atoms with Crippen molar-refractivity contribution in [3.63, 3.8) is 0 Å². The summed E-state index contributed by atoms with van der Waals surface area (Å²) in [6, 6.07) is 2.72. The molecule has 0 bridgehead atoms. The fourth-order valence-electron chi connectivity index (χ4n) is 2.98. The second-order valence-electron chi connectivity index (χ2n) is 9.32. The fraction of sp³-hybridized carbons (Fsp3) is 0.650. The molecule has 1 aliphatic heterocycles. The average Bonchev–Trinajstić information content (AvgIpc) is 2.91. The van der Waals surface area contributed by atoms with Gasteiger partial charge >= 0.3 is 6.09 Å². The van der Waals surface area contributed by atoms with E-state index in [1.54, 1.807) is 20.8 Å². The van der Waals surface area contributed by atoms with Crippen LogP contribution in [0.25, 0.3) is 0 Å². The molecule has 2 rings (SSSR count). The number of carbonyl (C=O) groups excluding carboxylic acids is 1. The topological polar surface area (TPSA) is 38.8 Å². The van der Waals surface area contributed by atoms with Crippen molar-refractivity contribution in [1.82, 2.24) is 4.90 Å². The molecule has 1 amide bonds. The highest BCUT2D eigenvalue weighted by atomic mass is 28.3. The Morgan fingerprint density at radius 1 is 1.19 bits per heavy atom. The van der Waals surface area contributed by atoms with E-state index >= 15 is 0 Å². The van der Waals surface area contributed by atoms with Crippen LogP contribution in [0, 0.1) is 11.6 Å². The molecule has 1 saturated heterocycles. The summed E-state index contributed by atoms with van der Waals surface area (Å²) in [6.45, 7) is 14.2. The second-order valence-corrected chi connectivity index (χ2v) is 12.6. The third kappa shape index (κ3) is 5.75. The number of nitrogens with zero attached hydrogens (tertiary/aromatic N) is 1. The van der Waals surface area contributed by atoms with Crippen LogP contribution in [0.4, 0.5) is 13.6 Å². The van der Waals surface area contributed by atoms with Crippen molar-refractivity contribution >= 4 is 15.1 Å². The molecule has 0 radical (unpaired) electrons. The average molecular weight is 400 g/mol. The molecule has 0 N–H and O–H groups in total. The van der Waals surface area contributed by atoms with Crippen molar-refractivity contribution in [1.29, 1.82) is 0 Å². The van der Waals surface area contributed by atoms with Gasteiger partial charge in [0.15, 0.2) is 9.04 Å². The standard InChI is InChI=1S/C20H31F2NO3Si/c1-19(2,3)25-18(24)23-12-14(26-27(7)20(4,5)6)11-17(23)15-10-13(21)8-9-16(15)22/h8-10,14,17,27H,11-12H2,1-7H3/t14-,17?,27?/m1/s1. The monoisotopic (exact) mass is 399 g/mol. The van der Waals surface area contributed by atoms with Crippen LogP contribution in [-0.4, -0.2) is 38.3 Å². The normalized spacial score (nSPS) is 22.0. The lowest BCUT2D eigenvalue weighted by molar-refractivity contribution is 0.0207. The number of hydrogen-bond donors (Lipinski definition) is 0. The first-order valence-electron chi connectivity index (χ1n) is 9.38. The van der Waals surface area contributed by atoms with E-state index in [1.807, 2.05) is 0 Å². The van der Waals surface area contributed by atoms with Crippen molar-refractivity contribution in [2.45, 2.75) is 77.3 Å². The van der Waals surface area contributed by atoms with Crippen LogP contribution in [0.3, 0.4) is 0 Å². The molecule has 0 saturated carbocycles. The first-order chi connectivity index (χ1) is 12.3. The molecule has 0 aromatic heterocycles. The molecule has 1 aromatic rings. The Balaban J connectivity index is 2.29. The van der Waals surface area contributed by atoms with Crippen LogP contribution in [-0.2, 0) is 9.16 Å². The smallest absolute Gasteiger partial charge is 0.410 e. The van der Waals surface area contributed by atoms with Crippen LogP contribution >= 0.6 is 0 Å². The molecule has 27 heavy (non-hydrogen) atoms. The summed E-state index contributed by atoms with van der Waals surface area (Å²) in [4.78, 5) is 14.2. The highest BCUT2D eigenvalue weighted by Gasteiger charge is 2.41. The van der Waals surface area contributed by atoms with Gasteiger partial charge in [-0.3, -0.25) is 4.90 Å². The van der Waals surface area contributed by atoms with E-state index < -0.39 is 38.4 Å². The lowest BCUT2D eigenvalue weighted by Crippen LogP contribution is -2.38. The van der Waals surface area contributed by atoms with Crippen molar-refractivity contribution in [2.75, 3.05) is 6.54 Å². The van der Waals surface area contributed by atoms with Crippen LogP contribution in [0.1, 0.15) is 59.6 Å². The minimum absolute atomic E-state index is 0.0684. The van der Waals surface area contributed by atoms with Crippen molar-refractivity contribution in [3.05, 3.63) is 35.4 Å². The molecule has 4 nitrogen and oxygen atoms in total. The van der Waals surface area contributed by atoms with Gasteiger partial charge in [-0.1, -0.05) is 20.8 Å². The Hall–Kier alpha value is -1.47. The molecular weight excluding hydrogens is 368 g/mol. The fourth-order valence-corrected chi connectivity index (χ4v) is 4.16. The summed E-state index contributed by atoms with van der Waals surface area (Å²) in [5.74, 6) is -1.06. The number of ether oxygens (including phenoxy) is 1. The molecule has 2 unspecified atom stereocenters. The van der Waals surface area contributed by atoms with Gasteiger partial charge in [-0.15, -0.1) is 0 Å². The summed E-state index contributed by atoms with van der Waals surface area (Å²) in [6.07, 6.45) is -0.328. The second kappa shape index (κ2) is 7.87. The van der Waals surface area contributed by atoms with Crippen LogP contribution in [0.15, 0.2) is 18.2 Å². The highest BCUT2D eigenvalue weighted by Crippen LogP contribution is 2.38. The number of carbonyl (C=O) groups is 1. The summed E-state index contributed by atoms with van der Waals surface area (Å²) < 4.78 is 39.9. The van der Waals surface area contributed by atoms with Crippen LogP contribution in [0.5, 0.6) is 0 Å². The molecule has 0 aliphatic carbocycles. The Kier molecular flexibility index (Phi) is 6.36. The lowest BCUT2D eigenvalue weighted by atomic mass is 10.0. The van der Waals surface area contributed by atoms with Gasteiger partial charge in [0.05, 0.1) is 12.1 Å². The Labute approximate surface area is 162 Å². The van der Waals surface area contributed by atoms with Crippen LogP contribution < -0.4 is 0 Å². The maximum atomic E-state index is 14.4. The third-order valence-corrected chi connectivity index (χ3v) is 8.06. The predicted octanol–water partition coefficient (Wildman–Crippen LogP) is 5.19. The van der Waals surface area contributed by atoms with Crippen molar-refractivity contribution in [3.8, 4) is 0 Å². The number of rotatable bonds is 3. The highest BCUT2D eigenvalue weighted by molar-refractivity contribution is 6.53. The molecule has 1 heterocycles. The van der Waals surface area contributed by atoms with E-state index in [4.69, 9.17) is 9.16 Å². The zero-order chi connectivity index (χ0) is 20.6. The van der Waals surface area contributed by atoms with E-state index in [9.17, 15) is 13.6 Å². The van der Waals surface area contributed by atoms with E-state index in [1.165, 1.54) is 4.90 Å². The maximum Gasteiger partial charge on any atom is 0.410 e. The number of likely N-dealkylation sites (tertiary alicyclic amines) is 1. The molecule has 3 atom stereocenters. The van der Waals surface area contributed by atoms with Crippen molar-refractivity contribution in [2.24, 2.45) is 0 Å². The van der Waals surface area contributed by atoms with E-state index in [0.717, 1.165) is 18.2 Å². The van der Waals surface area contributed by atoms with Gasteiger partial charge in [0, 0.05) is 12.1 Å². The number of halogens is 2. The van der Waals surface area contributed by atoms with Gasteiger partial charge in [0.25, 0.3) is 0 Å². The number of amides is 1. The molecule has 1 fully saturated rings. The van der Waals surface area contributed by atoms with Gasteiger partial charge in [0.1, 0.15) is 17.2 Å². The predicted molar refractivity (Wildman–Crippen MR) is 104 cm³/mol. The van der Waals surface area contributed by atoms with Gasteiger partial charge in [-0.2, -0.15) is 0 Å². The zero-order valence-electron chi connectivity index (χ0n) is 17.3. The maximum absolute atomic E-state index is 14.4. The minimum Gasteiger partial charge on any atom is -0.444 e. The molecule has 0 spiro atoms. The summed E-state index contributed by atoms with van der Waals surface area (Å²) in [5, 5.41) is 0.0684. The minimum atomic E-state index is -1.53. The summed E-state index contributed by atoms with van der Waals surface area (Å²) in [5.41, 5.74) is -0.508. The third-order valence-electron chi connectivity index (χ3n) is 4.82. The summed E-state index contributed by atoms with van der Waals surface area (Å²) in [7, 11) is -1.53. The largest absolute Gasteiger partial charge is 0.444 e. The first-order valence-corrected chi connectivity index (χ1v) is 11.6. The van der Waals surface area contributed by atoms with E-state index in [0.29, 0.717) is 13.0 Å². The van der Waals surface area contributed by atoms with Crippen LogP contribution in [0.2, 0.25) is 11.6 Å². The number of hydrogen-bond acceptors (Lipinski definition) is 3. The Bertz CT molecular complexity index is 685. The lowest BCUT2D eigenvalue weighted by Gasteiger charge is -2.29. The van der Waals surface area contributed by atoms with Gasteiger partial charge in [-0.05, 0) is 57.0 Å². The zero-order valence-corrected chi connectivity index (χ0v) is 18.5. The molecule has 1 aliphatic rings. The SMILES string of the molecule is C[SiH](O[C@@H]1CC(c2cc(F)ccc2F)N(C(=O)OC(C)(C)C)C1)C(C)(C)C. The Morgan fingerprint density at radius 2 is 1.81 bits per heavy atom. The Morgan fingerprint density at radius 3 is 2.37 bits per heavy atom. The van der Waals surface area contributed by atoms with Gasteiger partial charge in [0.2, 0.25) is 0 Å². The van der Waals surface area contributed by atoms with Crippen molar-refractivity contribution < 1.29 is 22.7 Å². The van der Waals surface area contributed by atoms with Gasteiger partial charge < -0.3 is 9.16 Å². The number of benzene rings is 1. The molecule has 152 valence electrons. The summed E-state index contributed by atoms with van der Waals surface area (Å²) >= 11 is 0. The molecule has 7 heteroatoms. The molecule has 1 aromatic carbocycles. The molecular formula is C20H31F2NO3Si. The quantitative estimate of drug-likeness (QED) is 0.657. The first kappa shape index (κ1) is 21.8. The van der Waals surface area contributed by atoms with E-state index in [2.05, 4.69) is 27.3 Å². The van der Waals surface area contributed by atoms with E-state index in [-0.39, 0.29) is 16.7 Å². The van der Waals surface area contributed by atoms with Gasteiger partial charge in [-0.25, -0.2) is 13.6 Å².